The predicted octanol–water partition coefficient (Wildman–Crippen LogP) is 0.432. The molecule has 1 atom stereocenters. The van der Waals surface area contributed by atoms with Crippen molar-refractivity contribution in [3.05, 3.63) is 35.4 Å². The van der Waals surface area contributed by atoms with Crippen LogP contribution in [0, 0.1) is 11.6 Å². The van der Waals surface area contributed by atoms with Crippen LogP contribution < -0.4 is 10.6 Å². The second kappa shape index (κ2) is 7.17. The minimum atomic E-state index is -0.966. The van der Waals surface area contributed by atoms with Gasteiger partial charge in [0.25, 0.3) is 5.91 Å². The van der Waals surface area contributed by atoms with Crippen molar-refractivity contribution in [1.29, 1.82) is 0 Å². The third kappa shape index (κ3) is 4.24. The number of benzene rings is 1. The molecule has 1 aliphatic heterocycles. The lowest BCUT2D eigenvalue weighted by Gasteiger charge is -2.12. The maximum atomic E-state index is 13.4. The van der Waals surface area contributed by atoms with Crippen LogP contribution in [0.3, 0.4) is 0 Å². The largest absolute Gasteiger partial charge is 0.351 e. The standard InChI is InChI=1S/C15H17F2N3O3/c1-20-7-5-12(15(20)23)19-13(21)4-6-18-14(22)10-3-2-9(16)8-11(10)17/h2-3,8,12H,4-7H2,1H3,(H,18,22)(H,19,21)/t12-/m1/s1. The molecule has 1 heterocycles. The van der Waals surface area contributed by atoms with Gasteiger partial charge in [-0.05, 0) is 18.6 Å². The number of rotatable bonds is 5. The zero-order valence-electron chi connectivity index (χ0n) is 12.6. The topological polar surface area (TPSA) is 78.5 Å². The Balaban J connectivity index is 1.77. The van der Waals surface area contributed by atoms with Gasteiger partial charge in [0, 0.05) is 32.6 Å². The quantitative estimate of drug-likeness (QED) is 0.824. The van der Waals surface area contributed by atoms with E-state index in [4.69, 9.17) is 0 Å². The van der Waals surface area contributed by atoms with Crippen LogP contribution in [0.1, 0.15) is 23.2 Å². The van der Waals surface area contributed by atoms with Gasteiger partial charge in [0.05, 0.1) is 5.56 Å². The van der Waals surface area contributed by atoms with E-state index in [-0.39, 0.29) is 30.3 Å². The normalized spacial score (nSPS) is 17.3. The molecule has 1 aromatic rings. The van der Waals surface area contributed by atoms with Gasteiger partial charge in [0.1, 0.15) is 17.7 Å². The van der Waals surface area contributed by atoms with Gasteiger partial charge in [0.15, 0.2) is 0 Å². The fourth-order valence-corrected chi connectivity index (χ4v) is 2.28. The van der Waals surface area contributed by atoms with Gasteiger partial charge in [-0.25, -0.2) is 8.78 Å². The van der Waals surface area contributed by atoms with Gasteiger partial charge in [-0.1, -0.05) is 0 Å². The highest BCUT2D eigenvalue weighted by Gasteiger charge is 2.29. The Labute approximate surface area is 131 Å². The molecule has 0 aliphatic carbocycles. The number of carbonyl (C=O) groups excluding carboxylic acids is 3. The molecule has 6 nitrogen and oxygen atoms in total. The number of amides is 3. The lowest BCUT2D eigenvalue weighted by molar-refractivity contribution is -0.131. The lowest BCUT2D eigenvalue weighted by atomic mass is 10.2. The highest BCUT2D eigenvalue weighted by Crippen LogP contribution is 2.10. The number of hydrogen-bond acceptors (Lipinski definition) is 3. The Morgan fingerprint density at radius 3 is 2.70 bits per heavy atom. The first-order valence-corrected chi connectivity index (χ1v) is 7.16. The summed E-state index contributed by atoms with van der Waals surface area (Å²) in [5, 5.41) is 4.96. The molecule has 0 radical (unpaired) electrons. The van der Waals surface area contributed by atoms with E-state index in [9.17, 15) is 23.2 Å². The van der Waals surface area contributed by atoms with Crippen molar-refractivity contribution in [1.82, 2.24) is 15.5 Å². The molecule has 0 bridgehead atoms. The van der Waals surface area contributed by atoms with Gasteiger partial charge in [-0.3, -0.25) is 14.4 Å². The van der Waals surface area contributed by atoms with Crippen LogP contribution in [0.5, 0.6) is 0 Å². The van der Waals surface area contributed by atoms with Crippen molar-refractivity contribution >= 4 is 17.7 Å². The van der Waals surface area contributed by atoms with Crippen molar-refractivity contribution in [2.24, 2.45) is 0 Å². The van der Waals surface area contributed by atoms with Gasteiger partial charge in [0.2, 0.25) is 11.8 Å². The summed E-state index contributed by atoms with van der Waals surface area (Å²) in [5.74, 6) is -2.99. The van der Waals surface area contributed by atoms with Crippen LogP contribution in [0.25, 0.3) is 0 Å². The van der Waals surface area contributed by atoms with E-state index in [1.54, 1.807) is 7.05 Å². The number of likely N-dealkylation sites (tertiary alicyclic amines) is 1. The third-order valence-electron chi connectivity index (χ3n) is 3.58. The van der Waals surface area contributed by atoms with E-state index in [0.29, 0.717) is 19.0 Å². The fourth-order valence-electron chi connectivity index (χ4n) is 2.28. The lowest BCUT2D eigenvalue weighted by Crippen LogP contribution is -2.41. The van der Waals surface area contributed by atoms with Crippen molar-refractivity contribution in [3.63, 3.8) is 0 Å². The third-order valence-corrected chi connectivity index (χ3v) is 3.58. The molecular weight excluding hydrogens is 308 g/mol. The number of carbonyl (C=O) groups is 3. The van der Waals surface area contributed by atoms with Gasteiger partial charge < -0.3 is 15.5 Å². The Hall–Kier alpha value is -2.51. The summed E-state index contributed by atoms with van der Waals surface area (Å²) >= 11 is 0. The van der Waals surface area contributed by atoms with Gasteiger partial charge >= 0.3 is 0 Å². The average molecular weight is 325 g/mol. The summed E-state index contributed by atoms with van der Waals surface area (Å²) in [6.45, 7) is 0.572. The molecule has 1 fully saturated rings. The molecule has 2 rings (SSSR count). The maximum Gasteiger partial charge on any atom is 0.254 e. The Bertz CT molecular complexity index is 636. The molecule has 1 saturated heterocycles. The van der Waals surface area contributed by atoms with Crippen molar-refractivity contribution in [2.75, 3.05) is 20.1 Å². The summed E-state index contributed by atoms with van der Waals surface area (Å²) in [4.78, 5) is 36.6. The summed E-state index contributed by atoms with van der Waals surface area (Å²) in [7, 11) is 1.66. The van der Waals surface area contributed by atoms with Crippen LogP contribution >= 0.6 is 0 Å². The minimum Gasteiger partial charge on any atom is -0.351 e. The molecular formula is C15H17F2N3O3. The number of nitrogens with one attached hydrogen (secondary N) is 2. The molecule has 0 spiro atoms. The van der Waals surface area contributed by atoms with Crippen molar-refractivity contribution < 1.29 is 23.2 Å². The van der Waals surface area contributed by atoms with E-state index < -0.39 is 23.6 Å². The van der Waals surface area contributed by atoms with Crippen LogP contribution in [0.4, 0.5) is 8.78 Å². The number of hydrogen-bond donors (Lipinski definition) is 2. The van der Waals surface area contributed by atoms with E-state index in [0.717, 1.165) is 12.1 Å². The first-order valence-electron chi connectivity index (χ1n) is 7.16. The molecule has 8 heteroatoms. The first kappa shape index (κ1) is 16.9. The van der Waals surface area contributed by atoms with Crippen LogP contribution in [0.2, 0.25) is 0 Å². The zero-order chi connectivity index (χ0) is 17.0. The molecule has 2 N–H and O–H groups in total. The smallest absolute Gasteiger partial charge is 0.254 e. The SMILES string of the molecule is CN1CC[C@@H](NC(=O)CCNC(=O)c2ccc(F)cc2F)C1=O. The highest BCUT2D eigenvalue weighted by atomic mass is 19.1. The summed E-state index contributed by atoms with van der Waals surface area (Å²) in [5.41, 5.74) is -0.292. The molecule has 124 valence electrons. The summed E-state index contributed by atoms with van der Waals surface area (Å²) in [6, 6.07) is 2.10. The second-order valence-corrected chi connectivity index (χ2v) is 5.30. The number of likely N-dealkylation sites (N-methyl/N-ethyl adjacent to an activating group) is 1. The van der Waals surface area contributed by atoms with Gasteiger partial charge in [-0.15, -0.1) is 0 Å². The number of nitrogens with zero attached hydrogens (tertiary/aromatic N) is 1. The number of halogens is 2. The molecule has 0 aromatic heterocycles. The van der Waals surface area contributed by atoms with Crippen LogP contribution in [-0.4, -0.2) is 48.8 Å². The zero-order valence-corrected chi connectivity index (χ0v) is 12.6. The summed E-state index contributed by atoms with van der Waals surface area (Å²) in [6.07, 6.45) is 0.510. The minimum absolute atomic E-state index is 0.0156. The highest BCUT2D eigenvalue weighted by molar-refractivity contribution is 5.94. The van der Waals surface area contributed by atoms with Crippen molar-refractivity contribution in [2.45, 2.75) is 18.9 Å². The molecule has 0 saturated carbocycles. The summed E-state index contributed by atoms with van der Waals surface area (Å²) < 4.78 is 26.2. The van der Waals surface area contributed by atoms with Gasteiger partial charge in [-0.2, -0.15) is 0 Å². The fraction of sp³-hybridized carbons (Fsp3) is 0.400. The van der Waals surface area contributed by atoms with E-state index in [2.05, 4.69) is 10.6 Å². The average Bonchev–Trinajstić information content (AvgIpc) is 2.79. The first-order chi connectivity index (χ1) is 10.9. The maximum absolute atomic E-state index is 13.4. The van der Waals surface area contributed by atoms with Crippen molar-refractivity contribution in [3.8, 4) is 0 Å². The van der Waals surface area contributed by atoms with E-state index in [1.165, 1.54) is 4.90 Å². The van der Waals surface area contributed by atoms with E-state index >= 15 is 0 Å². The Kier molecular flexibility index (Phi) is 5.25. The molecule has 3 amide bonds. The Morgan fingerprint density at radius 2 is 2.09 bits per heavy atom. The molecule has 0 unspecified atom stereocenters. The Morgan fingerprint density at radius 1 is 1.35 bits per heavy atom. The van der Waals surface area contributed by atoms with E-state index in [1.807, 2.05) is 0 Å². The molecule has 1 aliphatic rings. The van der Waals surface area contributed by atoms with Crippen LogP contribution in [0.15, 0.2) is 18.2 Å². The molecule has 23 heavy (non-hydrogen) atoms. The molecule has 1 aromatic carbocycles. The predicted molar refractivity (Wildman–Crippen MR) is 77.5 cm³/mol. The van der Waals surface area contributed by atoms with Crippen LogP contribution in [-0.2, 0) is 9.59 Å². The second-order valence-electron chi connectivity index (χ2n) is 5.30. The monoisotopic (exact) mass is 325 g/mol.